The molecule has 0 aliphatic carbocycles. The van der Waals surface area contributed by atoms with Gasteiger partial charge in [-0.2, -0.15) is 0 Å². The van der Waals surface area contributed by atoms with Crippen molar-refractivity contribution in [1.29, 1.82) is 0 Å². The molecule has 0 aliphatic heterocycles. The fourth-order valence-electron chi connectivity index (χ4n) is 5.56. The van der Waals surface area contributed by atoms with Gasteiger partial charge in [-0.05, 0) is 123 Å². The Morgan fingerprint density at radius 1 is 0.553 bits per heavy atom. The molecule has 4 amide bonds. The predicted octanol–water partition coefficient (Wildman–Crippen LogP) is 8.78. The zero-order chi connectivity index (χ0) is 34.4. The molecule has 0 heterocycles. The Bertz CT molecular complexity index is 1730. The van der Waals surface area contributed by atoms with E-state index in [9.17, 15) is 9.59 Å². The first-order valence-corrected chi connectivity index (χ1v) is 15.9. The number of benzene rings is 4. The van der Waals surface area contributed by atoms with Crippen LogP contribution in [-0.2, 0) is 0 Å². The zero-order valence-corrected chi connectivity index (χ0v) is 29.4. The number of hydrogen-bond acceptors (Lipinski definition) is 4. The maximum Gasteiger partial charge on any atom is 0.332 e. The van der Waals surface area contributed by atoms with Crippen molar-refractivity contribution in [2.24, 2.45) is 0 Å². The van der Waals surface area contributed by atoms with E-state index in [1.54, 1.807) is 32.8 Å². The lowest BCUT2D eigenvalue weighted by Crippen LogP contribution is -2.41. The van der Waals surface area contributed by atoms with E-state index in [1.165, 1.54) is 0 Å². The summed E-state index contributed by atoms with van der Waals surface area (Å²) in [5.74, 6) is 0. The quantitative estimate of drug-likeness (QED) is 0.185. The Balaban J connectivity index is 1.54. The normalized spacial score (nSPS) is 10.9. The monoisotopic (exact) mass is 632 g/mol. The van der Waals surface area contributed by atoms with Crippen LogP contribution in [0.4, 0.5) is 43.7 Å². The van der Waals surface area contributed by atoms with Gasteiger partial charge in [0.15, 0.2) is 0 Å². The minimum Gasteiger partial charge on any atom is -0.378 e. The third kappa shape index (κ3) is 7.60. The van der Waals surface area contributed by atoms with E-state index in [2.05, 4.69) is 32.0 Å². The average molecular weight is 633 g/mol. The molecular weight excluding hydrogens is 584 g/mol. The third-order valence-electron chi connectivity index (χ3n) is 8.43. The fraction of sp³-hybridized carbons (Fsp3) is 0.282. The van der Waals surface area contributed by atoms with Crippen molar-refractivity contribution < 1.29 is 9.59 Å². The number of aryl methyl sites for hydroxylation is 2. The first-order valence-electron chi connectivity index (χ1n) is 15.9. The van der Waals surface area contributed by atoms with Gasteiger partial charge in [-0.3, -0.25) is 19.6 Å². The molecule has 0 aliphatic rings. The highest BCUT2D eigenvalue weighted by Gasteiger charge is 2.22. The molecule has 0 unspecified atom stereocenters. The van der Waals surface area contributed by atoms with Crippen LogP contribution in [0.2, 0.25) is 0 Å². The molecule has 8 heteroatoms. The van der Waals surface area contributed by atoms with Crippen molar-refractivity contribution >= 4 is 46.2 Å². The molecule has 0 fully saturated rings. The van der Waals surface area contributed by atoms with Crippen molar-refractivity contribution in [3.05, 3.63) is 108 Å². The van der Waals surface area contributed by atoms with Crippen molar-refractivity contribution in [3.8, 4) is 11.1 Å². The van der Waals surface area contributed by atoms with E-state index in [0.29, 0.717) is 6.54 Å². The van der Waals surface area contributed by atoms with Gasteiger partial charge in [0.25, 0.3) is 0 Å². The van der Waals surface area contributed by atoms with Gasteiger partial charge >= 0.3 is 12.1 Å². The second-order valence-electron chi connectivity index (χ2n) is 12.1. The second-order valence-corrected chi connectivity index (χ2v) is 12.1. The number of amides is 4. The van der Waals surface area contributed by atoms with Gasteiger partial charge in [0, 0.05) is 83.5 Å². The standard InChI is InChI=1S/C39H48N6O2/c1-11-25-45(33-19-15-31(16-20-33)41(7)8)39(47)43(10)35-22-24-37(29(4)27-35)36-23-21-34(26-28(36)3)42(9)38(46)44(12-2)32-17-13-30(14-18-32)40(5)6/h11,13-27H,12H2,1-10H3. The van der Waals surface area contributed by atoms with Crippen LogP contribution in [0.3, 0.4) is 0 Å². The summed E-state index contributed by atoms with van der Waals surface area (Å²) in [7, 11) is 11.6. The summed E-state index contributed by atoms with van der Waals surface area (Å²) >= 11 is 0. The van der Waals surface area contributed by atoms with Crippen LogP contribution in [0.5, 0.6) is 0 Å². The highest BCUT2D eigenvalue weighted by molar-refractivity contribution is 6.05. The number of carbonyl (C=O) groups is 2. The molecule has 0 atom stereocenters. The van der Waals surface area contributed by atoms with Gasteiger partial charge in [-0.15, -0.1) is 0 Å². The summed E-state index contributed by atoms with van der Waals surface area (Å²) in [6.45, 7) is 8.56. The zero-order valence-electron chi connectivity index (χ0n) is 29.4. The van der Waals surface area contributed by atoms with Crippen molar-refractivity contribution in [1.82, 2.24) is 0 Å². The molecule has 0 saturated carbocycles. The average Bonchev–Trinajstić information content (AvgIpc) is 3.07. The van der Waals surface area contributed by atoms with Gasteiger partial charge in [-0.25, -0.2) is 9.59 Å². The van der Waals surface area contributed by atoms with Crippen LogP contribution in [0.1, 0.15) is 25.0 Å². The molecule has 47 heavy (non-hydrogen) atoms. The number of allylic oxidation sites excluding steroid dienone is 1. The van der Waals surface area contributed by atoms with Crippen LogP contribution in [0.15, 0.2) is 97.2 Å². The molecule has 8 nitrogen and oxygen atoms in total. The Morgan fingerprint density at radius 2 is 0.936 bits per heavy atom. The van der Waals surface area contributed by atoms with E-state index in [-0.39, 0.29) is 12.1 Å². The van der Waals surface area contributed by atoms with Gasteiger partial charge in [0.2, 0.25) is 0 Å². The number of carbonyl (C=O) groups excluding carboxylic acids is 2. The number of urea groups is 2. The molecule has 0 aromatic heterocycles. The van der Waals surface area contributed by atoms with Gasteiger partial charge in [0.1, 0.15) is 0 Å². The Morgan fingerprint density at radius 3 is 1.32 bits per heavy atom. The number of nitrogens with zero attached hydrogens (tertiary/aromatic N) is 6. The van der Waals surface area contributed by atoms with Gasteiger partial charge in [-0.1, -0.05) is 18.2 Å². The minimum atomic E-state index is -0.157. The molecule has 4 rings (SSSR count). The maximum absolute atomic E-state index is 13.7. The number of hydrogen-bond donors (Lipinski definition) is 0. The molecule has 4 aromatic carbocycles. The van der Waals surface area contributed by atoms with Gasteiger partial charge in [0.05, 0.1) is 5.69 Å². The molecule has 0 N–H and O–H groups in total. The fourth-order valence-corrected chi connectivity index (χ4v) is 5.56. The summed E-state index contributed by atoms with van der Waals surface area (Å²) in [6.07, 6.45) is 3.65. The number of anilines is 6. The van der Waals surface area contributed by atoms with Crippen LogP contribution in [-0.4, -0.2) is 60.9 Å². The summed E-state index contributed by atoms with van der Waals surface area (Å²) in [4.78, 5) is 38.1. The summed E-state index contributed by atoms with van der Waals surface area (Å²) in [5, 5.41) is 0. The minimum absolute atomic E-state index is 0.0916. The molecule has 4 aromatic rings. The summed E-state index contributed by atoms with van der Waals surface area (Å²) in [5.41, 5.74) is 9.69. The van der Waals surface area contributed by atoms with E-state index < -0.39 is 0 Å². The maximum atomic E-state index is 13.7. The number of rotatable bonds is 9. The summed E-state index contributed by atoms with van der Waals surface area (Å²) in [6, 6.07) is 27.9. The second kappa shape index (κ2) is 14.9. The van der Waals surface area contributed by atoms with E-state index in [0.717, 1.165) is 56.4 Å². The molecular formula is C39H48N6O2. The molecule has 0 spiro atoms. The van der Waals surface area contributed by atoms with E-state index >= 15 is 0 Å². The third-order valence-corrected chi connectivity index (χ3v) is 8.43. The van der Waals surface area contributed by atoms with Crippen LogP contribution in [0, 0.1) is 13.8 Å². The highest BCUT2D eigenvalue weighted by Crippen LogP contribution is 2.33. The van der Waals surface area contributed by atoms with Crippen molar-refractivity contribution in [2.45, 2.75) is 27.7 Å². The van der Waals surface area contributed by atoms with Crippen LogP contribution >= 0.6 is 0 Å². The lowest BCUT2D eigenvalue weighted by atomic mass is 9.95. The lowest BCUT2D eigenvalue weighted by molar-refractivity contribution is 0.252. The van der Waals surface area contributed by atoms with Crippen molar-refractivity contribution in [2.75, 3.05) is 78.2 Å². The molecule has 246 valence electrons. The van der Waals surface area contributed by atoms with Crippen LogP contribution < -0.4 is 29.4 Å². The summed E-state index contributed by atoms with van der Waals surface area (Å²) < 4.78 is 0. The molecule has 0 bridgehead atoms. The van der Waals surface area contributed by atoms with Crippen LogP contribution in [0.25, 0.3) is 11.1 Å². The first kappa shape index (κ1) is 34.6. The first-order chi connectivity index (χ1) is 22.4. The lowest BCUT2D eigenvalue weighted by Gasteiger charge is -2.28. The Hall–Kier alpha value is -5.24. The highest BCUT2D eigenvalue weighted by atomic mass is 16.2. The molecule has 0 radical (unpaired) electrons. The molecule has 0 saturated heterocycles. The predicted molar refractivity (Wildman–Crippen MR) is 201 cm³/mol. The SMILES string of the molecule is CC=CN(C(=O)N(C)c1ccc(-c2ccc(N(C)C(=O)N(CC)c3ccc(N(C)C)cc3)cc2C)c(C)c1)c1ccc(N(C)C)cc1. The van der Waals surface area contributed by atoms with Crippen molar-refractivity contribution in [3.63, 3.8) is 0 Å². The van der Waals surface area contributed by atoms with E-state index in [4.69, 9.17) is 0 Å². The van der Waals surface area contributed by atoms with Gasteiger partial charge < -0.3 is 9.80 Å². The largest absolute Gasteiger partial charge is 0.378 e. The Labute approximate surface area is 280 Å². The Kier molecular flexibility index (Phi) is 11.0. The van der Waals surface area contributed by atoms with E-state index in [1.807, 2.05) is 132 Å². The topological polar surface area (TPSA) is 53.6 Å². The smallest absolute Gasteiger partial charge is 0.332 e.